The number of rotatable bonds is 6. The zero-order valence-electron chi connectivity index (χ0n) is 12.9. The van der Waals surface area contributed by atoms with Gasteiger partial charge in [-0.05, 0) is 31.7 Å². The Balaban J connectivity index is 2.04. The summed E-state index contributed by atoms with van der Waals surface area (Å²) in [4.78, 5) is 12.8. The first-order valence-corrected chi connectivity index (χ1v) is 7.87. The topological polar surface area (TPSA) is 37.3 Å². The largest absolute Gasteiger partial charge is 0.349 e. The summed E-state index contributed by atoms with van der Waals surface area (Å²) in [7, 11) is 0. The monoisotopic (exact) mass is 288 g/mol. The molecule has 1 aromatic carbocycles. The highest BCUT2D eigenvalue weighted by molar-refractivity contribution is 5.72. The first kappa shape index (κ1) is 15.9. The molecule has 0 bridgehead atoms. The molecule has 3 nitrogen and oxygen atoms in total. The number of hydrogen-bond donors (Lipinski definition) is 1. The molecule has 21 heavy (non-hydrogen) atoms. The number of quaternary nitrogens is 1. The molecule has 114 valence electrons. The molecule has 1 N–H and O–H groups in total. The van der Waals surface area contributed by atoms with Gasteiger partial charge >= 0.3 is 5.91 Å². The maximum Gasteiger partial charge on any atom is 0.349 e. The summed E-state index contributed by atoms with van der Waals surface area (Å²) in [6.45, 7) is 6.29. The lowest BCUT2D eigenvalue weighted by Crippen LogP contribution is -2.54. The molecular formula is C18H26NO2+. The molecule has 1 aliphatic heterocycles. The third-order valence-corrected chi connectivity index (χ3v) is 4.66. The zero-order valence-corrected chi connectivity index (χ0v) is 12.9. The molecule has 0 spiro atoms. The molecule has 0 aliphatic carbocycles. The zero-order chi connectivity index (χ0) is 15.3. The fraction of sp³-hybridized carbons (Fsp3) is 0.500. The van der Waals surface area contributed by atoms with Gasteiger partial charge in [0.05, 0.1) is 5.92 Å². The highest BCUT2D eigenvalue weighted by atomic mass is 16.6. The Bertz CT molecular complexity index is 485. The van der Waals surface area contributed by atoms with Crippen molar-refractivity contribution in [1.82, 2.24) is 0 Å². The second kappa shape index (κ2) is 7.01. The summed E-state index contributed by atoms with van der Waals surface area (Å²) >= 11 is 0. The molecule has 1 aliphatic rings. The van der Waals surface area contributed by atoms with E-state index in [0.29, 0.717) is 13.0 Å². The summed E-state index contributed by atoms with van der Waals surface area (Å²) in [5.74, 6) is -0.177. The Morgan fingerprint density at radius 3 is 2.76 bits per heavy atom. The van der Waals surface area contributed by atoms with Crippen LogP contribution >= 0.6 is 0 Å². The molecule has 1 unspecified atom stereocenters. The molecule has 3 atom stereocenters. The minimum Gasteiger partial charge on any atom is -0.227 e. The van der Waals surface area contributed by atoms with E-state index in [0.717, 1.165) is 25.7 Å². The molecule has 0 aromatic heterocycles. The molecule has 1 heterocycles. The van der Waals surface area contributed by atoms with Gasteiger partial charge in [-0.15, -0.1) is 11.2 Å². The maximum atomic E-state index is 12.8. The standard InChI is InChI=1S/C18H26NO2/c1-3-8-17(13-12-16-10-5-4-6-11-16)18(20)19(21)14-7-9-15(19)2/h3-6,10-11,15,17,21H,1,7-9,12-14H2,2H3/q+1/t15-,17+,19?/m1/s1. The SMILES string of the molecule is C=CC[C@@H](CCc1ccccc1)C(=O)[N+]1(O)CCC[C@H]1C. The van der Waals surface area contributed by atoms with Crippen LogP contribution in [0.15, 0.2) is 43.0 Å². The highest BCUT2D eigenvalue weighted by Crippen LogP contribution is 2.29. The van der Waals surface area contributed by atoms with Gasteiger partial charge in [-0.25, -0.2) is 10.0 Å². The van der Waals surface area contributed by atoms with E-state index in [4.69, 9.17) is 0 Å². The summed E-state index contributed by atoms with van der Waals surface area (Å²) in [6, 6.07) is 10.2. The van der Waals surface area contributed by atoms with E-state index in [-0.39, 0.29) is 22.5 Å². The van der Waals surface area contributed by atoms with Crippen molar-refractivity contribution in [2.24, 2.45) is 5.92 Å². The van der Waals surface area contributed by atoms with E-state index in [1.807, 2.05) is 25.1 Å². The normalized spacial score (nSPS) is 26.5. The number of hydroxylamine groups is 3. The molecule has 0 radical (unpaired) electrons. The number of aryl methyl sites for hydroxylation is 1. The van der Waals surface area contributed by atoms with Crippen LogP contribution in [0.25, 0.3) is 0 Å². The Labute approximate surface area is 127 Å². The third kappa shape index (κ3) is 3.60. The van der Waals surface area contributed by atoms with Crippen molar-refractivity contribution in [1.29, 1.82) is 0 Å². The Morgan fingerprint density at radius 1 is 1.48 bits per heavy atom. The van der Waals surface area contributed by atoms with Crippen molar-refractivity contribution >= 4 is 5.91 Å². The van der Waals surface area contributed by atoms with Crippen LogP contribution < -0.4 is 0 Å². The number of carbonyl (C=O) groups excluding carboxylic acids is 1. The van der Waals surface area contributed by atoms with Crippen LogP contribution in [0.4, 0.5) is 0 Å². The van der Waals surface area contributed by atoms with E-state index in [1.165, 1.54) is 5.56 Å². The van der Waals surface area contributed by atoms with Gasteiger partial charge in [0.25, 0.3) is 0 Å². The first-order valence-electron chi connectivity index (χ1n) is 7.87. The summed E-state index contributed by atoms with van der Waals surface area (Å²) < 4.78 is -0.382. The van der Waals surface area contributed by atoms with Crippen molar-refractivity contribution in [3.8, 4) is 0 Å². The lowest BCUT2D eigenvalue weighted by Gasteiger charge is -2.30. The highest BCUT2D eigenvalue weighted by Gasteiger charge is 2.48. The Morgan fingerprint density at radius 2 is 2.19 bits per heavy atom. The van der Waals surface area contributed by atoms with Crippen LogP contribution in [0.1, 0.15) is 38.2 Å². The van der Waals surface area contributed by atoms with E-state index in [9.17, 15) is 10.0 Å². The maximum absolute atomic E-state index is 12.8. The number of benzene rings is 1. The van der Waals surface area contributed by atoms with Gasteiger partial charge in [0.2, 0.25) is 0 Å². The van der Waals surface area contributed by atoms with Gasteiger partial charge in [-0.1, -0.05) is 36.4 Å². The number of hydrogen-bond acceptors (Lipinski definition) is 2. The van der Waals surface area contributed by atoms with Crippen molar-refractivity contribution in [3.05, 3.63) is 48.6 Å². The van der Waals surface area contributed by atoms with Crippen LogP contribution in [0.3, 0.4) is 0 Å². The first-order chi connectivity index (χ1) is 10.1. The smallest absolute Gasteiger partial charge is 0.227 e. The second-order valence-electron chi connectivity index (χ2n) is 6.13. The minimum atomic E-state index is -0.382. The third-order valence-electron chi connectivity index (χ3n) is 4.66. The number of allylic oxidation sites excluding steroid dienone is 1. The quantitative estimate of drug-likeness (QED) is 0.492. The van der Waals surface area contributed by atoms with E-state index in [2.05, 4.69) is 18.7 Å². The molecular weight excluding hydrogens is 262 g/mol. The number of carbonyl (C=O) groups is 1. The van der Waals surface area contributed by atoms with Gasteiger partial charge < -0.3 is 0 Å². The molecule has 0 saturated carbocycles. The van der Waals surface area contributed by atoms with Crippen molar-refractivity contribution in [3.63, 3.8) is 0 Å². The average molecular weight is 288 g/mol. The van der Waals surface area contributed by atoms with Crippen LogP contribution in [-0.2, 0) is 11.2 Å². The van der Waals surface area contributed by atoms with E-state index >= 15 is 0 Å². The summed E-state index contributed by atoms with van der Waals surface area (Å²) in [6.07, 6.45) is 5.89. The lowest BCUT2D eigenvalue weighted by molar-refractivity contribution is -1.05. The average Bonchev–Trinajstić information content (AvgIpc) is 2.84. The number of nitrogens with zero attached hydrogens (tertiary/aromatic N) is 1. The molecule has 1 fully saturated rings. The van der Waals surface area contributed by atoms with Gasteiger partial charge in [0.1, 0.15) is 12.6 Å². The Kier molecular flexibility index (Phi) is 5.32. The van der Waals surface area contributed by atoms with Crippen molar-refractivity contribution in [2.75, 3.05) is 6.54 Å². The summed E-state index contributed by atoms with van der Waals surface area (Å²) in [5.41, 5.74) is 1.23. The van der Waals surface area contributed by atoms with Gasteiger partial charge in [0, 0.05) is 12.8 Å². The van der Waals surface area contributed by atoms with E-state index < -0.39 is 0 Å². The molecule has 1 aromatic rings. The predicted octanol–water partition coefficient (Wildman–Crippen LogP) is 3.73. The van der Waals surface area contributed by atoms with Gasteiger partial charge in [0.15, 0.2) is 0 Å². The van der Waals surface area contributed by atoms with Crippen LogP contribution in [0.2, 0.25) is 0 Å². The summed E-state index contributed by atoms with van der Waals surface area (Å²) in [5, 5.41) is 10.7. The predicted molar refractivity (Wildman–Crippen MR) is 83.7 cm³/mol. The molecule has 1 amide bonds. The van der Waals surface area contributed by atoms with Crippen molar-refractivity contribution < 1.29 is 14.6 Å². The molecule has 3 heteroatoms. The van der Waals surface area contributed by atoms with Gasteiger partial charge in [-0.2, -0.15) is 0 Å². The Hall–Kier alpha value is -1.45. The number of likely N-dealkylation sites (tertiary alicyclic amines) is 1. The molecule has 2 rings (SSSR count). The van der Waals surface area contributed by atoms with E-state index in [1.54, 1.807) is 6.08 Å². The molecule has 1 saturated heterocycles. The second-order valence-corrected chi connectivity index (χ2v) is 6.13. The number of amides is 1. The van der Waals surface area contributed by atoms with Crippen LogP contribution in [-0.4, -0.2) is 28.3 Å². The van der Waals surface area contributed by atoms with Crippen LogP contribution in [0.5, 0.6) is 0 Å². The fourth-order valence-electron chi connectivity index (χ4n) is 3.23. The van der Waals surface area contributed by atoms with Gasteiger partial charge in [-0.3, -0.25) is 0 Å². The van der Waals surface area contributed by atoms with Crippen LogP contribution in [0, 0.1) is 5.92 Å². The lowest BCUT2D eigenvalue weighted by atomic mass is 9.94. The minimum absolute atomic E-state index is 0.0153. The fourth-order valence-corrected chi connectivity index (χ4v) is 3.23. The van der Waals surface area contributed by atoms with Crippen molar-refractivity contribution in [2.45, 2.75) is 45.1 Å².